The Bertz CT molecular complexity index is 708. The minimum atomic E-state index is -0.237. The first-order valence-corrected chi connectivity index (χ1v) is 9.43. The molecule has 1 aromatic carbocycles. The van der Waals surface area contributed by atoms with Crippen LogP contribution in [0.5, 0.6) is 0 Å². The van der Waals surface area contributed by atoms with Crippen LogP contribution in [0.3, 0.4) is 0 Å². The SMILES string of the molecule is CCCC(=O)Nc1ccc(C(=O)Nc2nnc(C(CC)CC)s2)cc1. The van der Waals surface area contributed by atoms with Crippen molar-refractivity contribution in [3.63, 3.8) is 0 Å². The van der Waals surface area contributed by atoms with Gasteiger partial charge in [-0.1, -0.05) is 32.1 Å². The van der Waals surface area contributed by atoms with E-state index in [0.29, 0.717) is 28.7 Å². The summed E-state index contributed by atoms with van der Waals surface area (Å²) in [6.45, 7) is 6.19. The highest BCUT2D eigenvalue weighted by atomic mass is 32.1. The zero-order chi connectivity index (χ0) is 18.2. The third-order valence-corrected chi connectivity index (χ3v) is 4.91. The number of hydrogen-bond donors (Lipinski definition) is 2. The van der Waals surface area contributed by atoms with Gasteiger partial charge in [0.15, 0.2) is 0 Å². The Morgan fingerprint density at radius 3 is 2.32 bits per heavy atom. The van der Waals surface area contributed by atoms with Gasteiger partial charge in [0.1, 0.15) is 5.01 Å². The molecule has 7 heteroatoms. The first-order chi connectivity index (χ1) is 12.1. The molecule has 0 atom stereocenters. The van der Waals surface area contributed by atoms with Crippen LogP contribution >= 0.6 is 11.3 Å². The number of carbonyl (C=O) groups is 2. The summed E-state index contributed by atoms with van der Waals surface area (Å²) in [4.78, 5) is 23.9. The summed E-state index contributed by atoms with van der Waals surface area (Å²) < 4.78 is 0. The number of amides is 2. The molecule has 0 aliphatic carbocycles. The Balaban J connectivity index is 1.98. The number of anilines is 2. The van der Waals surface area contributed by atoms with E-state index in [0.717, 1.165) is 24.3 Å². The maximum Gasteiger partial charge on any atom is 0.257 e. The van der Waals surface area contributed by atoms with Gasteiger partial charge in [-0.05, 0) is 43.5 Å². The molecule has 0 radical (unpaired) electrons. The molecule has 2 amide bonds. The fourth-order valence-corrected chi connectivity index (χ4v) is 3.42. The lowest BCUT2D eigenvalue weighted by atomic mass is 10.1. The Morgan fingerprint density at radius 2 is 1.72 bits per heavy atom. The van der Waals surface area contributed by atoms with E-state index in [1.165, 1.54) is 11.3 Å². The first-order valence-electron chi connectivity index (χ1n) is 8.62. The molecule has 6 nitrogen and oxygen atoms in total. The fraction of sp³-hybridized carbons (Fsp3) is 0.444. The lowest BCUT2D eigenvalue weighted by Gasteiger charge is -2.06. The third-order valence-electron chi connectivity index (χ3n) is 3.90. The third kappa shape index (κ3) is 5.35. The van der Waals surface area contributed by atoms with E-state index in [2.05, 4.69) is 34.7 Å². The molecular formula is C18H24N4O2S. The molecule has 1 heterocycles. The monoisotopic (exact) mass is 360 g/mol. The Morgan fingerprint density at radius 1 is 1.04 bits per heavy atom. The van der Waals surface area contributed by atoms with E-state index >= 15 is 0 Å². The number of nitrogens with zero attached hydrogens (tertiary/aromatic N) is 2. The van der Waals surface area contributed by atoms with Crippen molar-refractivity contribution in [2.75, 3.05) is 10.6 Å². The number of aromatic nitrogens is 2. The van der Waals surface area contributed by atoms with Gasteiger partial charge in [-0.25, -0.2) is 0 Å². The van der Waals surface area contributed by atoms with Gasteiger partial charge in [-0.2, -0.15) is 0 Å². The lowest BCUT2D eigenvalue weighted by Crippen LogP contribution is -2.13. The van der Waals surface area contributed by atoms with Crippen LogP contribution in [-0.2, 0) is 4.79 Å². The van der Waals surface area contributed by atoms with E-state index in [9.17, 15) is 9.59 Å². The minimum absolute atomic E-state index is 0.0255. The summed E-state index contributed by atoms with van der Waals surface area (Å²) >= 11 is 1.42. The van der Waals surface area contributed by atoms with Crippen molar-refractivity contribution in [1.82, 2.24) is 10.2 Å². The highest BCUT2D eigenvalue weighted by molar-refractivity contribution is 7.15. The number of hydrogen-bond acceptors (Lipinski definition) is 5. The van der Waals surface area contributed by atoms with E-state index in [4.69, 9.17) is 0 Å². The second-order valence-corrected chi connectivity index (χ2v) is 6.80. The van der Waals surface area contributed by atoms with Gasteiger partial charge in [-0.3, -0.25) is 14.9 Å². The van der Waals surface area contributed by atoms with Crippen molar-refractivity contribution in [3.05, 3.63) is 34.8 Å². The molecule has 2 rings (SSSR count). The van der Waals surface area contributed by atoms with Gasteiger partial charge < -0.3 is 5.32 Å². The van der Waals surface area contributed by atoms with Gasteiger partial charge in [-0.15, -0.1) is 10.2 Å². The molecule has 0 bridgehead atoms. The lowest BCUT2D eigenvalue weighted by molar-refractivity contribution is -0.116. The van der Waals surface area contributed by atoms with Crippen LogP contribution in [-0.4, -0.2) is 22.0 Å². The normalized spacial score (nSPS) is 10.7. The quantitative estimate of drug-likeness (QED) is 0.729. The van der Waals surface area contributed by atoms with Gasteiger partial charge >= 0.3 is 0 Å². The van der Waals surface area contributed by atoms with Crippen LogP contribution in [0.4, 0.5) is 10.8 Å². The number of carbonyl (C=O) groups excluding carboxylic acids is 2. The standard InChI is InChI=1S/C18H24N4O2S/c1-4-7-15(23)19-14-10-8-13(9-11-14)16(24)20-18-22-21-17(25-18)12(5-2)6-3/h8-12H,4-7H2,1-3H3,(H,19,23)(H,20,22,24). The van der Waals surface area contributed by atoms with Gasteiger partial charge in [0.2, 0.25) is 11.0 Å². The Kier molecular flexibility index (Phi) is 7.06. The summed E-state index contributed by atoms with van der Waals surface area (Å²) in [5, 5.41) is 15.3. The molecule has 0 aliphatic rings. The maximum atomic E-state index is 12.3. The van der Waals surface area contributed by atoms with Crippen molar-refractivity contribution < 1.29 is 9.59 Å². The molecule has 0 saturated heterocycles. The average molecular weight is 360 g/mol. The van der Waals surface area contributed by atoms with Gasteiger partial charge in [0.25, 0.3) is 5.91 Å². The zero-order valence-electron chi connectivity index (χ0n) is 14.8. The molecule has 2 N–H and O–H groups in total. The van der Waals surface area contributed by atoms with Crippen molar-refractivity contribution in [2.24, 2.45) is 0 Å². The summed E-state index contributed by atoms with van der Waals surface area (Å²) in [7, 11) is 0. The fourth-order valence-electron chi connectivity index (χ4n) is 2.41. The van der Waals surface area contributed by atoms with E-state index in [-0.39, 0.29) is 11.8 Å². The van der Waals surface area contributed by atoms with Crippen LogP contribution < -0.4 is 10.6 Å². The number of benzene rings is 1. The van der Waals surface area contributed by atoms with Crippen LogP contribution in [0.15, 0.2) is 24.3 Å². The van der Waals surface area contributed by atoms with E-state index < -0.39 is 0 Å². The van der Waals surface area contributed by atoms with Gasteiger partial charge in [0.05, 0.1) is 0 Å². The molecule has 25 heavy (non-hydrogen) atoms. The average Bonchev–Trinajstić information content (AvgIpc) is 3.05. The molecule has 1 aromatic heterocycles. The van der Waals surface area contributed by atoms with Crippen LogP contribution in [0, 0.1) is 0 Å². The Hall–Kier alpha value is -2.28. The molecule has 134 valence electrons. The smallest absolute Gasteiger partial charge is 0.257 e. The first kappa shape index (κ1) is 19.1. The number of nitrogens with one attached hydrogen (secondary N) is 2. The molecule has 0 aliphatic heterocycles. The second-order valence-electron chi connectivity index (χ2n) is 5.79. The van der Waals surface area contributed by atoms with Crippen LogP contribution in [0.25, 0.3) is 0 Å². The topological polar surface area (TPSA) is 84.0 Å². The predicted molar refractivity (Wildman–Crippen MR) is 101 cm³/mol. The summed E-state index contributed by atoms with van der Waals surface area (Å²) in [6.07, 6.45) is 3.29. The Labute approximate surface area is 152 Å². The molecule has 0 unspecified atom stereocenters. The van der Waals surface area contributed by atoms with Crippen molar-refractivity contribution in [3.8, 4) is 0 Å². The molecule has 0 saturated carbocycles. The van der Waals surface area contributed by atoms with Crippen LogP contribution in [0.2, 0.25) is 0 Å². The highest BCUT2D eigenvalue weighted by Gasteiger charge is 2.15. The highest BCUT2D eigenvalue weighted by Crippen LogP contribution is 2.28. The zero-order valence-corrected chi connectivity index (χ0v) is 15.7. The summed E-state index contributed by atoms with van der Waals surface area (Å²) in [5.41, 5.74) is 1.19. The van der Waals surface area contributed by atoms with Gasteiger partial charge in [0, 0.05) is 23.6 Å². The molecular weight excluding hydrogens is 336 g/mol. The predicted octanol–water partition coefficient (Wildman–Crippen LogP) is 4.43. The summed E-state index contributed by atoms with van der Waals surface area (Å²) in [5.74, 6) is 0.121. The summed E-state index contributed by atoms with van der Waals surface area (Å²) in [6, 6.07) is 6.80. The van der Waals surface area contributed by atoms with Crippen LogP contribution in [0.1, 0.15) is 67.7 Å². The van der Waals surface area contributed by atoms with E-state index in [1.807, 2.05) is 6.92 Å². The van der Waals surface area contributed by atoms with Crippen molar-refractivity contribution in [1.29, 1.82) is 0 Å². The van der Waals surface area contributed by atoms with Crippen molar-refractivity contribution >= 4 is 34.0 Å². The largest absolute Gasteiger partial charge is 0.326 e. The molecule has 0 fully saturated rings. The molecule has 2 aromatic rings. The van der Waals surface area contributed by atoms with E-state index in [1.54, 1.807) is 24.3 Å². The maximum absolute atomic E-state index is 12.3. The second kappa shape index (κ2) is 9.27. The minimum Gasteiger partial charge on any atom is -0.326 e. The van der Waals surface area contributed by atoms with Crippen molar-refractivity contribution in [2.45, 2.75) is 52.4 Å². The number of rotatable bonds is 8. The molecule has 0 spiro atoms.